The highest BCUT2D eigenvalue weighted by atomic mass is 19.4. The van der Waals surface area contributed by atoms with Crippen LogP contribution in [0.1, 0.15) is 33.4 Å². The van der Waals surface area contributed by atoms with Crippen LogP contribution in [0.5, 0.6) is 0 Å². The number of likely N-dealkylation sites (N-methyl/N-ethyl adjacent to an activating group) is 1. The van der Waals surface area contributed by atoms with Gasteiger partial charge in [-0.2, -0.15) is 18.3 Å². The topological polar surface area (TPSA) is 53.7 Å². The number of carbonyl (C=O) groups is 1. The minimum absolute atomic E-state index is 0.0738. The van der Waals surface area contributed by atoms with Crippen LogP contribution in [0, 0.1) is 6.92 Å². The van der Waals surface area contributed by atoms with Crippen LogP contribution in [-0.4, -0.2) is 57.0 Å². The molecule has 1 aliphatic heterocycles. The molecule has 9 heteroatoms. The lowest BCUT2D eigenvalue weighted by molar-refractivity contribution is -0.142. The molecule has 0 bridgehead atoms. The summed E-state index contributed by atoms with van der Waals surface area (Å²) in [6.07, 6.45) is -3.42. The number of rotatable bonds is 2. The average Bonchev–Trinajstić information content (AvgIpc) is 3.10. The largest absolute Gasteiger partial charge is 0.433 e. The zero-order chi connectivity index (χ0) is 20.8. The number of hydrogen-bond donors (Lipinski definition) is 0. The number of carbonyl (C=O) groups excluding carboxylic acids is 1. The molecule has 0 unspecified atom stereocenters. The van der Waals surface area contributed by atoms with Gasteiger partial charge < -0.3 is 9.80 Å². The van der Waals surface area contributed by atoms with Crippen molar-refractivity contribution in [3.05, 3.63) is 65.1 Å². The fourth-order valence-corrected chi connectivity index (χ4v) is 3.71. The summed E-state index contributed by atoms with van der Waals surface area (Å²) < 4.78 is 40.9. The van der Waals surface area contributed by atoms with Gasteiger partial charge in [-0.1, -0.05) is 30.3 Å². The van der Waals surface area contributed by atoms with E-state index >= 15 is 0 Å². The summed E-state index contributed by atoms with van der Waals surface area (Å²) in [7, 11) is 1.98. The number of fused-ring (bicyclic) bond motifs is 1. The first kappa shape index (κ1) is 19.4. The van der Waals surface area contributed by atoms with E-state index in [4.69, 9.17) is 0 Å². The van der Waals surface area contributed by atoms with Crippen LogP contribution in [0.25, 0.3) is 5.65 Å². The molecule has 0 spiro atoms. The number of aryl methyl sites for hydroxylation is 1. The molecule has 1 saturated heterocycles. The van der Waals surface area contributed by atoms with Crippen LogP contribution in [0.15, 0.2) is 42.6 Å². The Bertz CT molecular complexity index is 1050. The van der Waals surface area contributed by atoms with E-state index in [1.54, 1.807) is 4.90 Å². The van der Waals surface area contributed by atoms with Gasteiger partial charge in [0.05, 0.1) is 12.2 Å². The van der Waals surface area contributed by atoms with E-state index in [1.807, 2.05) is 37.4 Å². The van der Waals surface area contributed by atoms with Gasteiger partial charge in [0.2, 0.25) is 0 Å². The van der Waals surface area contributed by atoms with Crippen LogP contribution in [0.4, 0.5) is 13.2 Å². The van der Waals surface area contributed by atoms with Crippen LogP contribution < -0.4 is 0 Å². The van der Waals surface area contributed by atoms with E-state index < -0.39 is 11.9 Å². The number of benzene rings is 1. The van der Waals surface area contributed by atoms with Crippen LogP contribution >= 0.6 is 0 Å². The molecule has 6 nitrogen and oxygen atoms in total. The molecular formula is C20H20F3N5O. The minimum atomic E-state index is -4.60. The van der Waals surface area contributed by atoms with E-state index in [-0.39, 0.29) is 28.9 Å². The molecule has 1 amide bonds. The third kappa shape index (κ3) is 3.57. The van der Waals surface area contributed by atoms with Crippen molar-refractivity contribution in [2.75, 3.05) is 26.7 Å². The van der Waals surface area contributed by atoms with Crippen molar-refractivity contribution >= 4 is 11.6 Å². The minimum Gasteiger partial charge on any atom is -0.329 e. The van der Waals surface area contributed by atoms with Gasteiger partial charge in [-0.15, -0.1) is 0 Å². The molecule has 0 N–H and O–H groups in total. The average molecular weight is 403 g/mol. The summed E-state index contributed by atoms with van der Waals surface area (Å²) in [5.41, 5.74) is 0.205. The molecule has 3 aromatic rings. The Morgan fingerprint density at radius 1 is 1.17 bits per heavy atom. The summed E-state index contributed by atoms with van der Waals surface area (Å²) in [4.78, 5) is 21.4. The lowest BCUT2D eigenvalue weighted by atomic mass is 10.0. The molecule has 3 heterocycles. The smallest absolute Gasteiger partial charge is 0.329 e. The zero-order valence-electron chi connectivity index (χ0n) is 16.0. The maximum absolute atomic E-state index is 13.4. The Labute approximate surface area is 165 Å². The summed E-state index contributed by atoms with van der Waals surface area (Å²) >= 11 is 0. The van der Waals surface area contributed by atoms with E-state index in [0.717, 1.165) is 11.6 Å². The third-order valence-electron chi connectivity index (χ3n) is 5.15. The van der Waals surface area contributed by atoms with Crippen molar-refractivity contribution in [3.8, 4) is 0 Å². The first-order valence-electron chi connectivity index (χ1n) is 9.23. The van der Waals surface area contributed by atoms with Crippen LogP contribution in [0.2, 0.25) is 0 Å². The number of hydrogen-bond acceptors (Lipinski definition) is 4. The molecule has 1 aromatic carbocycles. The van der Waals surface area contributed by atoms with Gasteiger partial charge in [0.25, 0.3) is 5.91 Å². The Kier molecular flexibility index (Phi) is 4.77. The van der Waals surface area contributed by atoms with Crippen LogP contribution in [-0.2, 0) is 6.18 Å². The lowest BCUT2D eigenvalue weighted by Gasteiger charge is -2.40. The lowest BCUT2D eigenvalue weighted by Crippen LogP contribution is -2.49. The van der Waals surface area contributed by atoms with Gasteiger partial charge in [0, 0.05) is 25.3 Å². The standard InChI is InChI=1S/C20H20F3N5O/c1-13-10-17(20(21,22)23)28-18(25-13)15(11-24-28)19(29)27-9-8-26(2)12-16(27)14-6-4-3-5-7-14/h3-7,10-11,16H,8-9,12H2,1-2H3/t16-/m1/s1. The molecule has 2 aromatic heterocycles. The number of aromatic nitrogens is 3. The molecule has 1 atom stereocenters. The number of alkyl halides is 3. The fraction of sp³-hybridized carbons (Fsp3) is 0.350. The monoisotopic (exact) mass is 403 g/mol. The molecule has 0 radical (unpaired) electrons. The molecular weight excluding hydrogens is 383 g/mol. The normalized spacial score (nSPS) is 18.4. The van der Waals surface area contributed by atoms with Crippen molar-refractivity contribution in [1.29, 1.82) is 0 Å². The third-order valence-corrected chi connectivity index (χ3v) is 5.15. The summed E-state index contributed by atoms with van der Waals surface area (Å²) in [5, 5.41) is 3.83. The molecule has 1 aliphatic rings. The molecule has 0 saturated carbocycles. The Hall–Kier alpha value is -2.94. The van der Waals surface area contributed by atoms with Gasteiger partial charge in [-0.25, -0.2) is 9.50 Å². The number of amides is 1. The summed E-state index contributed by atoms with van der Waals surface area (Å²) in [5.74, 6) is -0.367. The van der Waals surface area contributed by atoms with E-state index in [1.165, 1.54) is 13.1 Å². The first-order chi connectivity index (χ1) is 13.8. The van der Waals surface area contributed by atoms with Gasteiger partial charge in [-0.05, 0) is 25.6 Å². The van der Waals surface area contributed by atoms with E-state index in [0.29, 0.717) is 24.1 Å². The van der Waals surface area contributed by atoms with Gasteiger partial charge >= 0.3 is 6.18 Å². The van der Waals surface area contributed by atoms with Crippen LogP contribution in [0.3, 0.4) is 0 Å². The second-order valence-corrected chi connectivity index (χ2v) is 7.26. The molecule has 29 heavy (non-hydrogen) atoms. The number of nitrogens with zero attached hydrogens (tertiary/aromatic N) is 5. The highest BCUT2D eigenvalue weighted by Gasteiger charge is 2.37. The van der Waals surface area contributed by atoms with Crippen molar-refractivity contribution < 1.29 is 18.0 Å². The Balaban J connectivity index is 1.77. The molecule has 4 rings (SSSR count). The molecule has 0 aliphatic carbocycles. The summed E-state index contributed by atoms with van der Waals surface area (Å²) in [6.45, 7) is 3.24. The second kappa shape index (κ2) is 7.14. The van der Waals surface area contributed by atoms with E-state index in [2.05, 4.69) is 15.0 Å². The summed E-state index contributed by atoms with van der Waals surface area (Å²) in [6, 6.07) is 10.3. The first-order valence-corrected chi connectivity index (χ1v) is 9.23. The van der Waals surface area contributed by atoms with Crippen molar-refractivity contribution in [2.45, 2.75) is 19.1 Å². The maximum Gasteiger partial charge on any atom is 0.433 e. The zero-order valence-corrected chi connectivity index (χ0v) is 16.0. The van der Waals surface area contributed by atoms with Crippen molar-refractivity contribution in [1.82, 2.24) is 24.4 Å². The predicted molar refractivity (Wildman–Crippen MR) is 100 cm³/mol. The highest BCUT2D eigenvalue weighted by Crippen LogP contribution is 2.31. The van der Waals surface area contributed by atoms with Gasteiger partial charge in [0.1, 0.15) is 11.3 Å². The molecule has 1 fully saturated rings. The molecule has 152 valence electrons. The Morgan fingerprint density at radius 2 is 1.90 bits per heavy atom. The number of halogens is 3. The van der Waals surface area contributed by atoms with Gasteiger partial charge in [-0.3, -0.25) is 4.79 Å². The second-order valence-electron chi connectivity index (χ2n) is 7.26. The quantitative estimate of drug-likeness (QED) is 0.660. The fourth-order valence-electron chi connectivity index (χ4n) is 3.71. The maximum atomic E-state index is 13.4. The SMILES string of the molecule is Cc1cc(C(F)(F)F)n2ncc(C(=O)N3CCN(C)C[C@@H]3c3ccccc3)c2n1. The number of piperazine rings is 1. The van der Waals surface area contributed by atoms with Gasteiger partial charge in [0.15, 0.2) is 5.65 Å². The van der Waals surface area contributed by atoms with Crippen molar-refractivity contribution in [3.63, 3.8) is 0 Å². The van der Waals surface area contributed by atoms with E-state index in [9.17, 15) is 18.0 Å². The van der Waals surface area contributed by atoms with Crippen molar-refractivity contribution in [2.24, 2.45) is 0 Å². The Morgan fingerprint density at radius 3 is 2.59 bits per heavy atom. The predicted octanol–water partition coefficient (Wildman–Crippen LogP) is 3.19. The highest BCUT2D eigenvalue weighted by molar-refractivity contribution is 6.00.